The van der Waals surface area contributed by atoms with Crippen LogP contribution >= 0.6 is 23.2 Å². The zero-order chi connectivity index (χ0) is 14.0. The molecule has 0 fully saturated rings. The molecule has 0 atom stereocenters. The summed E-state index contributed by atoms with van der Waals surface area (Å²) in [6.07, 6.45) is 0.206. The first-order valence-corrected chi connectivity index (χ1v) is 6.79. The molecule has 100 valence electrons. The maximum atomic E-state index is 12.3. The zero-order valence-corrected chi connectivity index (χ0v) is 12.3. The molecule has 19 heavy (non-hydrogen) atoms. The van der Waals surface area contributed by atoms with Crippen LogP contribution in [0.4, 0.5) is 0 Å². The van der Waals surface area contributed by atoms with Crippen LogP contribution in [0.5, 0.6) is 0 Å². The van der Waals surface area contributed by atoms with Crippen LogP contribution in [0.25, 0.3) is 0 Å². The fourth-order valence-corrected chi connectivity index (χ4v) is 2.42. The maximum Gasteiger partial charge on any atom is 0.170 e. The van der Waals surface area contributed by atoms with Crippen LogP contribution in [-0.2, 0) is 13.0 Å². The van der Waals surface area contributed by atoms with E-state index in [1.165, 1.54) is 0 Å². The number of ketones is 1. The zero-order valence-electron chi connectivity index (χ0n) is 10.8. The Labute approximate surface area is 122 Å². The van der Waals surface area contributed by atoms with E-state index in [-0.39, 0.29) is 12.2 Å². The molecule has 0 aliphatic heterocycles. The highest BCUT2D eigenvalue weighted by molar-refractivity contribution is 6.34. The van der Waals surface area contributed by atoms with Crippen LogP contribution in [0.3, 0.4) is 0 Å². The number of aromatic nitrogens is 2. The summed E-state index contributed by atoms with van der Waals surface area (Å²) in [5.41, 5.74) is 2.00. The van der Waals surface area contributed by atoms with E-state index in [1.54, 1.807) is 28.9 Å². The molecule has 0 aliphatic rings. The van der Waals surface area contributed by atoms with Crippen molar-refractivity contribution in [2.75, 3.05) is 0 Å². The number of rotatable bonds is 4. The minimum atomic E-state index is -0.0536. The molecule has 1 heterocycles. The van der Waals surface area contributed by atoms with Crippen molar-refractivity contribution < 1.29 is 4.79 Å². The van der Waals surface area contributed by atoms with Gasteiger partial charge in [-0.2, -0.15) is 5.10 Å². The number of aryl methyl sites for hydroxylation is 2. The fourth-order valence-electron chi connectivity index (χ4n) is 1.97. The second kappa shape index (κ2) is 5.76. The van der Waals surface area contributed by atoms with E-state index < -0.39 is 0 Å². The van der Waals surface area contributed by atoms with Gasteiger partial charge in [-0.25, -0.2) is 0 Å². The third-order valence-electron chi connectivity index (χ3n) is 2.96. The Morgan fingerprint density at radius 2 is 2.00 bits per heavy atom. The first-order valence-electron chi connectivity index (χ1n) is 6.04. The molecular weight excluding hydrogens is 283 g/mol. The van der Waals surface area contributed by atoms with Crippen LogP contribution in [0.1, 0.15) is 28.7 Å². The number of halogens is 2. The van der Waals surface area contributed by atoms with Crippen molar-refractivity contribution in [1.82, 2.24) is 9.78 Å². The van der Waals surface area contributed by atoms with E-state index >= 15 is 0 Å². The Morgan fingerprint density at radius 3 is 2.63 bits per heavy atom. The molecular formula is C14H14Cl2N2O. The molecule has 0 saturated heterocycles. The van der Waals surface area contributed by atoms with Crippen molar-refractivity contribution in [2.24, 2.45) is 0 Å². The minimum absolute atomic E-state index is 0.0536. The van der Waals surface area contributed by atoms with Crippen molar-refractivity contribution in [3.63, 3.8) is 0 Å². The SMILES string of the molecule is CCn1nc(C)c(Cl)c1CC(=O)c1ccccc1Cl. The second-order valence-electron chi connectivity index (χ2n) is 4.24. The quantitative estimate of drug-likeness (QED) is 0.801. The van der Waals surface area contributed by atoms with Gasteiger partial charge in [-0.05, 0) is 26.0 Å². The first kappa shape index (κ1) is 14.1. The van der Waals surface area contributed by atoms with Gasteiger partial charge in [0.05, 0.1) is 27.9 Å². The van der Waals surface area contributed by atoms with Gasteiger partial charge in [0.25, 0.3) is 0 Å². The van der Waals surface area contributed by atoms with E-state index in [1.807, 2.05) is 13.8 Å². The number of nitrogens with zero attached hydrogens (tertiary/aromatic N) is 2. The highest BCUT2D eigenvalue weighted by atomic mass is 35.5. The minimum Gasteiger partial charge on any atom is -0.294 e. The number of hydrogen-bond donors (Lipinski definition) is 0. The van der Waals surface area contributed by atoms with Crippen molar-refractivity contribution >= 4 is 29.0 Å². The summed E-state index contributed by atoms with van der Waals surface area (Å²) in [5.74, 6) is -0.0536. The lowest BCUT2D eigenvalue weighted by molar-refractivity contribution is 0.0990. The highest BCUT2D eigenvalue weighted by Gasteiger charge is 2.18. The number of hydrogen-bond acceptors (Lipinski definition) is 2. The van der Waals surface area contributed by atoms with Crippen LogP contribution < -0.4 is 0 Å². The Morgan fingerprint density at radius 1 is 1.32 bits per heavy atom. The molecule has 0 unspecified atom stereocenters. The van der Waals surface area contributed by atoms with Crippen molar-refractivity contribution in [1.29, 1.82) is 0 Å². The summed E-state index contributed by atoms with van der Waals surface area (Å²) in [6.45, 7) is 4.48. The van der Waals surface area contributed by atoms with E-state index in [0.29, 0.717) is 22.2 Å². The van der Waals surface area contributed by atoms with Gasteiger partial charge in [-0.1, -0.05) is 35.3 Å². The molecule has 0 radical (unpaired) electrons. The Kier molecular flexibility index (Phi) is 4.27. The summed E-state index contributed by atoms with van der Waals surface area (Å²) in [4.78, 5) is 12.3. The predicted molar refractivity (Wildman–Crippen MR) is 77.1 cm³/mol. The summed E-state index contributed by atoms with van der Waals surface area (Å²) < 4.78 is 1.76. The maximum absolute atomic E-state index is 12.3. The van der Waals surface area contributed by atoms with E-state index in [4.69, 9.17) is 23.2 Å². The molecule has 0 saturated carbocycles. The Hall–Kier alpha value is -1.32. The predicted octanol–water partition coefficient (Wildman–Crippen LogP) is 3.94. The third-order valence-corrected chi connectivity index (χ3v) is 3.78. The van der Waals surface area contributed by atoms with Gasteiger partial charge in [0.2, 0.25) is 0 Å². The molecule has 2 aromatic rings. The standard InChI is InChI=1S/C14H14Cl2N2O/c1-3-18-12(14(16)9(2)17-18)8-13(19)10-6-4-5-7-11(10)15/h4-7H,3,8H2,1-2H3. The molecule has 2 rings (SSSR count). The molecule has 1 aromatic heterocycles. The smallest absolute Gasteiger partial charge is 0.170 e. The van der Waals surface area contributed by atoms with Crippen molar-refractivity contribution in [2.45, 2.75) is 26.8 Å². The third kappa shape index (κ3) is 2.82. The highest BCUT2D eigenvalue weighted by Crippen LogP contribution is 2.23. The van der Waals surface area contributed by atoms with Gasteiger partial charge in [-0.3, -0.25) is 9.48 Å². The molecule has 0 N–H and O–H groups in total. The van der Waals surface area contributed by atoms with E-state index in [0.717, 1.165) is 11.4 Å². The van der Waals surface area contributed by atoms with Crippen molar-refractivity contribution in [3.05, 3.63) is 51.3 Å². The van der Waals surface area contributed by atoms with Gasteiger partial charge in [0.15, 0.2) is 5.78 Å². The molecule has 5 heteroatoms. The molecule has 0 bridgehead atoms. The summed E-state index contributed by atoms with van der Waals surface area (Å²) in [7, 11) is 0. The molecule has 0 aliphatic carbocycles. The van der Waals surface area contributed by atoms with Crippen LogP contribution in [0.15, 0.2) is 24.3 Å². The normalized spacial score (nSPS) is 10.7. The van der Waals surface area contributed by atoms with Gasteiger partial charge in [0.1, 0.15) is 0 Å². The lowest BCUT2D eigenvalue weighted by Gasteiger charge is -2.06. The first-order chi connectivity index (χ1) is 9.04. The van der Waals surface area contributed by atoms with Gasteiger partial charge >= 0.3 is 0 Å². The molecule has 3 nitrogen and oxygen atoms in total. The van der Waals surface area contributed by atoms with Gasteiger partial charge in [-0.15, -0.1) is 0 Å². The van der Waals surface area contributed by atoms with Gasteiger partial charge in [0, 0.05) is 12.1 Å². The fraction of sp³-hybridized carbons (Fsp3) is 0.286. The molecule has 0 spiro atoms. The van der Waals surface area contributed by atoms with E-state index in [2.05, 4.69) is 5.10 Å². The largest absolute Gasteiger partial charge is 0.294 e. The molecule has 1 aromatic carbocycles. The Balaban J connectivity index is 2.32. The second-order valence-corrected chi connectivity index (χ2v) is 5.03. The van der Waals surface area contributed by atoms with E-state index in [9.17, 15) is 4.79 Å². The lowest BCUT2D eigenvalue weighted by atomic mass is 10.1. The lowest BCUT2D eigenvalue weighted by Crippen LogP contribution is -2.10. The van der Waals surface area contributed by atoms with Gasteiger partial charge < -0.3 is 0 Å². The number of carbonyl (C=O) groups excluding carboxylic acids is 1. The number of Topliss-reactive ketones (excluding diaryl/α,β-unsaturated/α-hetero) is 1. The average Bonchev–Trinajstić information content (AvgIpc) is 2.67. The average molecular weight is 297 g/mol. The summed E-state index contributed by atoms with van der Waals surface area (Å²) >= 11 is 12.2. The van der Waals surface area contributed by atoms with Crippen LogP contribution in [-0.4, -0.2) is 15.6 Å². The number of carbonyl (C=O) groups is 1. The van der Waals surface area contributed by atoms with Crippen LogP contribution in [0.2, 0.25) is 10.0 Å². The summed E-state index contributed by atoms with van der Waals surface area (Å²) in [6, 6.07) is 7.02. The summed E-state index contributed by atoms with van der Waals surface area (Å²) in [5, 5.41) is 5.32. The topological polar surface area (TPSA) is 34.9 Å². The van der Waals surface area contributed by atoms with Crippen molar-refractivity contribution in [3.8, 4) is 0 Å². The monoisotopic (exact) mass is 296 g/mol. The Bertz CT molecular complexity index is 620. The molecule has 0 amide bonds. The number of benzene rings is 1. The van der Waals surface area contributed by atoms with Crippen LogP contribution in [0, 0.1) is 6.92 Å².